The molecular formula is C16H22Br2N2O. The molecule has 2 fully saturated rings. The van der Waals surface area contributed by atoms with E-state index < -0.39 is 0 Å². The van der Waals surface area contributed by atoms with Crippen LogP contribution in [0, 0.1) is 5.92 Å². The van der Waals surface area contributed by atoms with Gasteiger partial charge in [0.1, 0.15) is 5.75 Å². The molecule has 2 atom stereocenters. The lowest BCUT2D eigenvalue weighted by Crippen LogP contribution is -2.63. The highest BCUT2D eigenvalue weighted by molar-refractivity contribution is 9.11. The van der Waals surface area contributed by atoms with E-state index in [0.29, 0.717) is 6.04 Å². The van der Waals surface area contributed by atoms with Gasteiger partial charge in [-0.15, -0.1) is 0 Å². The van der Waals surface area contributed by atoms with Gasteiger partial charge < -0.3 is 15.0 Å². The zero-order valence-corrected chi connectivity index (χ0v) is 15.9. The van der Waals surface area contributed by atoms with Gasteiger partial charge in [-0.2, -0.15) is 0 Å². The molecule has 3 nitrogen and oxygen atoms in total. The van der Waals surface area contributed by atoms with Gasteiger partial charge in [-0.1, -0.05) is 0 Å². The number of rotatable bonds is 3. The highest BCUT2D eigenvalue weighted by atomic mass is 79.9. The molecule has 0 bridgehead atoms. The van der Waals surface area contributed by atoms with Crippen molar-refractivity contribution in [2.75, 3.05) is 25.1 Å². The first-order valence-corrected chi connectivity index (χ1v) is 9.08. The van der Waals surface area contributed by atoms with Crippen LogP contribution in [0.5, 0.6) is 5.75 Å². The summed E-state index contributed by atoms with van der Waals surface area (Å²) in [5, 5.41) is 3.77. The van der Waals surface area contributed by atoms with Crippen molar-refractivity contribution in [2.24, 2.45) is 5.92 Å². The number of piperazine rings is 1. The molecular weight excluding hydrogens is 396 g/mol. The standard InChI is InChI=1S/C16H22Br2N2O/c1-10-8-19-16(2,11-4-5-11)9-20(10)14-7-15(21-3)13(18)6-12(14)17/h6-7,10-11,19H,4-5,8-9H2,1-3H3. The minimum absolute atomic E-state index is 0.228. The number of hydrogen-bond donors (Lipinski definition) is 1. The Kier molecular flexibility index (Phi) is 4.27. The van der Waals surface area contributed by atoms with Crippen LogP contribution in [0.3, 0.4) is 0 Å². The molecule has 1 aliphatic carbocycles. The highest BCUT2D eigenvalue weighted by Gasteiger charge is 2.45. The van der Waals surface area contributed by atoms with E-state index in [0.717, 1.165) is 33.7 Å². The third-order valence-electron chi connectivity index (χ3n) is 4.84. The number of ether oxygens (including phenoxy) is 1. The van der Waals surface area contributed by atoms with Crippen molar-refractivity contribution in [3.05, 3.63) is 21.1 Å². The van der Waals surface area contributed by atoms with Crippen LogP contribution in [0.25, 0.3) is 0 Å². The molecule has 21 heavy (non-hydrogen) atoms. The summed E-state index contributed by atoms with van der Waals surface area (Å²) < 4.78 is 7.56. The Bertz CT molecular complexity index is 547. The van der Waals surface area contributed by atoms with Crippen LogP contribution in [0.2, 0.25) is 0 Å². The fraction of sp³-hybridized carbons (Fsp3) is 0.625. The monoisotopic (exact) mass is 416 g/mol. The van der Waals surface area contributed by atoms with E-state index in [-0.39, 0.29) is 5.54 Å². The molecule has 1 heterocycles. The summed E-state index contributed by atoms with van der Waals surface area (Å²) in [4.78, 5) is 2.51. The van der Waals surface area contributed by atoms with Gasteiger partial charge >= 0.3 is 0 Å². The molecule has 5 heteroatoms. The Hall–Kier alpha value is -0.260. The van der Waals surface area contributed by atoms with E-state index in [1.165, 1.54) is 18.5 Å². The number of anilines is 1. The molecule has 116 valence electrons. The second kappa shape index (κ2) is 5.74. The van der Waals surface area contributed by atoms with Crippen LogP contribution in [0.15, 0.2) is 21.1 Å². The van der Waals surface area contributed by atoms with Crippen LogP contribution in [-0.2, 0) is 0 Å². The van der Waals surface area contributed by atoms with E-state index >= 15 is 0 Å². The highest BCUT2D eigenvalue weighted by Crippen LogP contribution is 2.44. The van der Waals surface area contributed by atoms with Crippen LogP contribution in [0.4, 0.5) is 5.69 Å². The van der Waals surface area contributed by atoms with Gasteiger partial charge in [0.25, 0.3) is 0 Å². The molecule has 3 rings (SSSR count). The topological polar surface area (TPSA) is 24.5 Å². The van der Waals surface area contributed by atoms with E-state index in [1.807, 2.05) is 0 Å². The molecule has 1 saturated heterocycles. The maximum Gasteiger partial charge on any atom is 0.135 e. The summed E-state index contributed by atoms with van der Waals surface area (Å²) in [6.07, 6.45) is 2.72. The van der Waals surface area contributed by atoms with E-state index in [2.05, 4.69) is 68.1 Å². The first-order chi connectivity index (χ1) is 9.94. The van der Waals surface area contributed by atoms with Gasteiger partial charge in [0, 0.05) is 35.2 Å². The smallest absolute Gasteiger partial charge is 0.135 e. The summed E-state index contributed by atoms with van der Waals surface area (Å²) >= 11 is 7.27. The SMILES string of the molecule is COc1cc(N2CC(C)(C3CC3)NCC2C)c(Br)cc1Br. The third kappa shape index (κ3) is 2.97. The number of halogens is 2. The van der Waals surface area contributed by atoms with Crippen molar-refractivity contribution in [3.8, 4) is 5.75 Å². The Morgan fingerprint density at radius 1 is 1.29 bits per heavy atom. The largest absolute Gasteiger partial charge is 0.495 e. The molecule has 2 unspecified atom stereocenters. The average Bonchev–Trinajstić information content (AvgIpc) is 3.27. The molecule has 2 aliphatic rings. The zero-order chi connectivity index (χ0) is 15.2. The number of hydrogen-bond acceptors (Lipinski definition) is 3. The first kappa shape index (κ1) is 15.6. The number of nitrogens with one attached hydrogen (secondary N) is 1. The molecule has 1 saturated carbocycles. The quantitative estimate of drug-likeness (QED) is 0.797. The lowest BCUT2D eigenvalue weighted by molar-refractivity contribution is 0.260. The molecule has 0 amide bonds. The van der Waals surface area contributed by atoms with Crippen molar-refractivity contribution in [3.63, 3.8) is 0 Å². The van der Waals surface area contributed by atoms with Crippen LogP contribution < -0.4 is 15.0 Å². The molecule has 0 radical (unpaired) electrons. The van der Waals surface area contributed by atoms with E-state index in [1.54, 1.807) is 7.11 Å². The van der Waals surface area contributed by atoms with Crippen molar-refractivity contribution in [1.82, 2.24) is 5.32 Å². The second-order valence-electron chi connectivity index (χ2n) is 6.49. The zero-order valence-electron chi connectivity index (χ0n) is 12.7. The van der Waals surface area contributed by atoms with Crippen molar-refractivity contribution < 1.29 is 4.74 Å². The Labute approximate surface area is 143 Å². The molecule has 0 aromatic heterocycles. The Balaban J connectivity index is 1.93. The van der Waals surface area contributed by atoms with E-state index in [9.17, 15) is 0 Å². The van der Waals surface area contributed by atoms with Gasteiger partial charge in [-0.3, -0.25) is 0 Å². The predicted octanol–water partition coefficient (Wildman–Crippen LogP) is 4.19. The van der Waals surface area contributed by atoms with Gasteiger partial charge in [0.05, 0.1) is 17.3 Å². The summed E-state index contributed by atoms with van der Waals surface area (Å²) in [5.74, 6) is 1.70. The molecule has 1 N–H and O–H groups in total. The molecule has 1 aromatic rings. The average molecular weight is 418 g/mol. The minimum atomic E-state index is 0.228. The summed E-state index contributed by atoms with van der Waals surface area (Å²) in [6.45, 7) is 6.72. The third-order valence-corrected chi connectivity index (χ3v) is 6.10. The number of nitrogens with zero attached hydrogens (tertiary/aromatic N) is 1. The van der Waals surface area contributed by atoms with Gasteiger partial charge in [-0.05, 0) is 70.5 Å². The van der Waals surface area contributed by atoms with Crippen LogP contribution in [0.1, 0.15) is 26.7 Å². The Morgan fingerprint density at radius 3 is 2.62 bits per heavy atom. The van der Waals surface area contributed by atoms with Crippen molar-refractivity contribution in [1.29, 1.82) is 0 Å². The van der Waals surface area contributed by atoms with Crippen LogP contribution in [-0.4, -0.2) is 31.8 Å². The summed E-state index contributed by atoms with van der Waals surface area (Å²) in [6, 6.07) is 4.68. The fourth-order valence-electron chi connectivity index (χ4n) is 3.27. The van der Waals surface area contributed by atoms with Gasteiger partial charge in [-0.25, -0.2) is 0 Å². The predicted molar refractivity (Wildman–Crippen MR) is 94.3 cm³/mol. The molecule has 0 spiro atoms. The van der Waals surface area contributed by atoms with Crippen molar-refractivity contribution >= 4 is 37.5 Å². The van der Waals surface area contributed by atoms with Gasteiger partial charge in [0.15, 0.2) is 0 Å². The number of methoxy groups -OCH3 is 1. The summed E-state index contributed by atoms with van der Waals surface area (Å²) in [7, 11) is 1.72. The minimum Gasteiger partial charge on any atom is -0.495 e. The lowest BCUT2D eigenvalue weighted by atomic mass is 9.91. The normalized spacial score (nSPS) is 29.6. The maximum atomic E-state index is 5.47. The maximum absolute atomic E-state index is 5.47. The first-order valence-electron chi connectivity index (χ1n) is 7.49. The molecule has 1 aromatic carbocycles. The summed E-state index contributed by atoms with van der Waals surface area (Å²) in [5.41, 5.74) is 1.45. The van der Waals surface area contributed by atoms with Crippen LogP contribution >= 0.6 is 31.9 Å². The van der Waals surface area contributed by atoms with Crippen molar-refractivity contribution in [2.45, 2.75) is 38.3 Å². The second-order valence-corrected chi connectivity index (χ2v) is 8.20. The number of benzene rings is 1. The van der Waals surface area contributed by atoms with E-state index in [4.69, 9.17) is 4.74 Å². The Morgan fingerprint density at radius 2 is 2.00 bits per heavy atom. The molecule has 1 aliphatic heterocycles. The lowest BCUT2D eigenvalue weighted by Gasteiger charge is -2.47. The van der Waals surface area contributed by atoms with Gasteiger partial charge in [0.2, 0.25) is 0 Å². The fourth-order valence-corrected chi connectivity index (χ4v) is 4.65.